The summed E-state index contributed by atoms with van der Waals surface area (Å²) in [6, 6.07) is 10.5. The average molecular weight is 539 g/mol. The van der Waals surface area contributed by atoms with E-state index in [0.29, 0.717) is 33.8 Å². The minimum absolute atomic E-state index is 0.00632. The molecule has 0 unspecified atom stereocenters. The molecule has 0 aliphatic heterocycles. The Morgan fingerprint density at radius 1 is 1.05 bits per heavy atom. The summed E-state index contributed by atoms with van der Waals surface area (Å²) in [7, 11) is 5.08. The van der Waals surface area contributed by atoms with Crippen molar-refractivity contribution in [3.8, 4) is 5.88 Å². The van der Waals surface area contributed by atoms with E-state index in [-0.39, 0.29) is 23.8 Å². The van der Waals surface area contributed by atoms with Crippen molar-refractivity contribution in [3.63, 3.8) is 0 Å². The van der Waals surface area contributed by atoms with Crippen LogP contribution in [0.1, 0.15) is 41.9 Å². The first kappa shape index (κ1) is 27.6. The topological polar surface area (TPSA) is 94.5 Å². The fourth-order valence-electron chi connectivity index (χ4n) is 4.18. The Balaban J connectivity index is 1.69. The molecule has 1 atom stereocenters. The number of hydrogen-bond acceptors (Lipinski definition) is 7. The summed E-state index contributed by atoms with van der Waals surface area (Å²) in [6.45, 7) is 3.40. The number of fused-ring (bicyclic) bond motifs is 1. The summed E-state index contributed by atoms with van der Waals surface area (Å²) in [6.07, 6.45) is -1.43. The van der Waals surface area contributed by atoms with Crippen LogP contribution in [0.25, 0.3) is 10.9 Å². The van der Waals surface area contributed by atoms with Gasteiger partial charge in [-0.25, -0.2) is 28.1 Å². The molecule has 0 saturated heterocycles. The largest absolute Gasteiger partial charge is 0.493 e. The van der Waals surface area contributed by atoms with Gasteiger partial charge in [0.15, 0.2) is 0 Å². The molecule has 0 aliphatic carbocycles. The van der Waals surface area contributed by atoms with Gasteiger partial charge in [0.05, 0.1) is 35.4 Å². The van der Waals surface area contributed by atoms with Crippen LogP contribution in [-0.2, 0) is 11.2 Å². The lowest BCUT2D eigenvalue weighted by molar-refractivity contribution is -0.128. The third-order valence-electron chi connectivity index (χ3n) is 6.45. The van der Waals surface area contributed by atoms with Crippen LogP contribution in [-0.4, -0.2) is 52.0 Å². The number of aromatic hydroxyl groups is 1. The van der Waals surface area contributed by atoms with Crippen LogP contribution in [0, 0.1) is 12.7 Å². The van der Waals surface area contributed by atoms with Gasteiger partial charge in [-0.2, -0.15) is 0 Å². The van der Waals surface area contributed by atoms with E-state index in [4.69, 9.17) is 0 Å². The van der Waals surface area contributed by atoms with Crippen molar-refractivity contribution >= 4 is 34.0 Å². The zero-order valence-corrected chi connectivity index (χ0v) is 22.2. The molecule has 0 radical (unpaired) electrons. The van der Waals surface area contributed by atoms with Gasteiger partial charge in [-0.1, -0.05) is 18.2 Å². The molecule has 2 heterocycles. The van der Waals surface area contributed by atoms with Crippen molar-refractivity contribution < 1.29 is 23.1 Å². The van der Waals surface area contributed by atoms with Gasteiger partial charge >= 0.3 is 0 Å². The number of carbonyl (C=O) groups is 1. The second-order valence-corrected chi connectivity index (χ2v) is 9.44. The summed E-state index contributed by atoms with van der Waals surface area (Å²) in [5.74, 6) is -0.438. The van der Waals surface area contributed by atoms with E-state index < -0.39 is 23.8 Å². The molecule has 0 aliphatic rings. The van der Waals surface area contributed by atoms with Gasteiger partial charge in [0.25, 0.3) is 6.43 Å². The molecule has 4 rings (SSSR count). The highest BCUT2D eigenvalue weighted by Crippen LogP contribution is 2.33. The van der Waals surface area contributed by atoms with Gasteiger partial charge in [0.2, 0.25) is 11.8 Å². The summed E-state index contributed by atoms with van der Waals surface area (Å²) < 4.78 is 41.3. The van der Waals surface area contributed by atoms with Gasteiger partial charge in [-0.05, 0) is 38.1 Å². The number of likely N-dealkylation sites (N-methyl/N-ethyl adjacent to an activating group) is 1. The van der Waals surface area contributed by atoms with Gasteiger partial charge in [-0.15, -0.1) is 0 Å². The molecule has 2 N–H and O–H groups in total. The Kier molecular flexibility index (Phi) is 7.89. The maximum absolute atomic E-state index is 14.8. The number of nitrogens with one attached hydrogen (secondary N) is 1. The maximum Gasteiger partial charge on any atom is 0.266 e. The Morgan fingerprint density at radius 2 is 1.77 bits per heavy atom. The summed E-state index contributed by atoms with van der Waals surface area (Å²) in [5.41, 5.74) is 1.84. The molecule has 2 aromatic heterocycles. The minimum Gasteiger partial charge on any atom is -0.493 e. The van der Waals surface area contributed by atoms with Gasteiger partial charge in [-0.3, -0.25) is 4.79 Å². The quantitative estimate of drug-likeness (QED) is 0.298. The first-order chi connectivity index (χ1) is 18.5. The van der Waals surface area contributed by atoms with E-state index in [0.717, 1.165) is 11.8 Å². The predicted octanol–water partition coefficient (Wildman–Crippen LogP) is 5.69. The lowest BCUT2D eigenvalue weighted by Crippen LogP contribution is -2.23. The zero-order chi connectivity index (χ0) is 28.4. The van der Waals surface area contributed by atoms with Crippen LogP contribution < -0.4 is 10.2 Å². The molecular weight excluding hydrogens is 509 g/mol. The fourth-order valence-corrected chi connectivity index (χ4v) is 4.18. The van der Waals surface area contributed by atoms with Crippen molar-refractivity contribution in [3.05, 3.63) is 77.0 Å². The summed E-state index contributed by atoms with van der Waals surface area (Å²) in [4.78, 5) is 28.5. The van der Waals surface area contributed by atoms with Gasteiger partial charge < -0.3 is 20.2 Å². The number of anilines is 3. The molecule has 204 valence electrons. The maximum atomic E-state index is 14.8. The number of rotatable bonds is 8. The third-order valence-corrected chi connectivity index (χ3v) is 6.45. The summed E-state index contributed by atoms with van der Waals surface area (Å²) >= 11 is 0. The number of hydrogen-bond donors (Lipinski definition) is 2. The highest BCUT2D eigenvalue weighted by molar-refractivity contribution is 5.92. The number of benzene rings is 2. The average Bonchev–Trinajstić information content (AvgIpc) is 2.89. The van der Waals surface area contributed by atoms with Crippen LogP contribution in [0.3, 0.4) is 0 Å². The van der Waals surface area contributed by atoms with E-state index in [1.165, 1.54) is 23.2 Å². The molecule has 0 saturated carbocycles. The van der Waals surface area contributed by atoms with E-state index in [2.05, 4.69) is 20.3 Å². The van der Waals surface area contributed by atoms with E-state index in [9.17, 15) is 23.1 Å². The van der Waals surface area contributed by atoms with Crippen LogP contribution >= 0.6 is 0 Å². The molecular formula is C28H29F3N6O2. The van der Waals surface area contributed by atoms with E-state index in [1.54, 1.807) is 34.0 Å². The number of halogens is 3. The molecule has 39 heavy (non-hydrogen) atoms. The van der Waals surface area contributed by atoms with E-state index >= 15 is 0 Å². The number of amides is 1. The number of carbonyl (C=O) groups excluding carboxylic acids is 1. The Morgan fingerprint density at radius 3 is 2.46 bits per heavy atom. The highest BCUT2D eigenvalue weighted by atomic mass is 19.3. The Hall–Kier alpha value is -4.41. The van der Waals surface area contributed by atoms with Crippen LogP contribution in [0.2, 0.25) is 0 Å². The lowest BCUT2D eigenvalue weighted by atomic mass is 10.0. The molecule has 4 aromatic rings. The van der Waals surface area contributed by atoms with Crippen LogP contribution in [0.5, 0.6) is 5.88 Å². The van der Waals surface area contributed by atoms with Gasteiger partial charge in [0, 0.05) is 43.3 Å². The number of alkyl halides is 2. The monoisotopic (exact) mass is 538 g/mol. The van der Waals surface area contributed by atoms with Crippen molar-refractivity contribution in [1.29, 1.82) is 0 Å². The van der Waals surface area contributed by atoms with Crippen molar-refractivity contribution in [2.45, 2.75) is 32.7 Å². The van der Waals surface area contributed by atoms with Crippen molar-refractivity contribution in [2.75, 3.05) is 31.4 Å². The molecule has 11 heteroatoms. The fraction of sp³-hybridized carbons (Fsp3) is 0.286. The second kappa shape index (κ2) is 11.1. The number of aromatic nitrogens is 3. The molecule has 2 aromatic carbocycles. The number of aryl methyl sites for hydroxylation is 1. The summed E-state index contributed by atoms with van der Waals surface area (Å²) in [5, 5.41) is 14.0. The molecule has 1 amide bonds. The van der Waals surface area contributed by atoms with Gasteiger partial charge in [0.1, 0.15) is 17.5 Å². The van der Waals surface area contributed by atoms with Crippen LogP contribution in [0.15, 0.2) is 48.7 Å². The standard InChI is InChI=1S/C28H29F3N6O2/c1-15(20-7-6-8-21(25(20)29)26(30)31)33-27-22-13-18(9-10-23(22)34-16(2)35-27)37(5)19-11-17(28(39)32-14-19)12-24(38)36(3)4/h6-11,13-15,26H,12H2,1-5H3,(H,32,39)(H,33,34,35)/t15-/m1/s1. The van der Waals surface area contributed by atoms with Crippen molar-refractivity contribution in [2.24, 2.45) is 0 Å². The molecule has 0 bridgehead atoms. The first-order valence-electron chi connectivity index (χ1n) is 12.2. The molecule has 0 fully saturated rings. The third kappa shape index (κ3) is 5.87. The second-order valence-electron chi connectivity index (χ2n) is 9.44. The first-order valence-corrected chi connectivity index (χ1v) is 12.2. The van der Waals surface area contributed by atoms with Crippen molar-refractivity contribution in [1.82, 2.24) is 19.9 Å². The number of pyridine rings is 1. The smallest absolute Gasteiger partial charge is 0.266 e. The molecule has 0 spiro atoms. The lowest BCUT2D eigenvalue weighted by Gasteiger charge is -2.22. The van der Waals surface area contributed by atoms with Crippen LogP contribution in [0.4, 0.5) is 30.4 Å². The SMILES string of the molecule is Cc1nc(N[C@H](C)c2cccc(C(F)F)c2F)c2cc(N(C)c3cnc(O)c(CC(=O)N(C)C)c3)ccc2n1. The minimum atomic E-state index is -2.92. The zero-order valence-electron chi connectivity index (χ0n) is 22.2. The predicted molar refractivity (Wildman–Crippen MR) is 144 cm³/mol. The Bertz CT molecular complexity index is 1530. The number of nitrogens with zero attached hydrogens (tertiary/aromatic N) is 5. The highest BCUT2D eigenvalue weighted by Gasteiger charge is 2.21. The normalized spacial score (nSPS) is 12.0. The van der Waals surface area contributed by atoms with E-state index in [1.807, 2.05) is 30.1 Å². The Labute approximate surface area is 224 Å². The molecule has 8 nitrogen and oxygen atoms in total.